The van der Waals surface area contributed by atoms with Gasteiger partial charge in [0.25, 0.3) is 0 Å². The number of rotatable bonds is 1. The molecule has 1 aliphatic rings. The van der Waals surface area contributed by atoms with Crippen LogP contribution in [0.2, 0.25) is 0 Å². The van der Waals surface area contributed by atoms with Gasteiger partial charge in [0, 0.05) is 0 Å². The Morgan fingerprint density at radius 2 is 1.73 bits per heavy atom. The molecule has 1 saturated heterocycles. The number of aliphatic carboxylic acids is 1. The molecule has 6 heteroatoms. The summed E-state index contributed by atoms with van der Waals surface area (Å²) in [6.07, 6.45) is -6.27. The van der Waals surface area contributed by atoms with E-state index in [1.807, 2.05) is 0 Å². The van der Waals surface area contributed by atoms with Gasteiger partial charge in [0.2, 0.25) is 0 Å². The molecule has 0 radical (unpaired) electrons. The molecular weight excluding hydrogens is 156 g/mol. The highest BCUT2D eigenvalue weighted by Crippen LogP contribution is 2.19. The summed E-state index contributed by atoms with van der Waals surface area (Å²) in [5.41, 5.74) is 0. The van der Waals surface area contributed by atoms with Gasteiger partial charge in [-0.15, -0.1) is 0 Å². The first-order valence-corrected chi connectivity index (χ1v) is 2.96. The van der Waals surface area contributed by atoms with E-state index in [9.17, 15) is 4.79 Å². The maximum atomic E-state index is 10.2. The standard InChI is InChI=1S/C5H8O6/c6-1-2(7)5(10)11-3(1)4(8)9/h1-3,5-7,10H,(H,8,9)/t1-,2-,3+,5+/m1/s1. The molecule has 4 N–H and O–H groups in total. The Hall–Kier alpha value is -0.690. The molecule has 4 atom stereocenters. The maximum absolute atomic E-state index is 10.2. The molecule has 6 nitrogen and oxygen atoms in total. The molecule has 0 aliphatic carbocycles. The Morgan fingerprint density at radius 1 is 1.18 bits per heavy atom. The van der Waals surface area contributed by atoms with Gasteiger partial charge in [-0.05, 0) is 0 Å². The van der Waals surface area contributed by atoms with Crippen LogP contribution in [0.4, 0.5) is 0 Å². The molecule has 64 valence electrons. The van der Waals surface area contributed by atoms with Crippen molar-refractivity contribution in [1.82, 2.24) is 0 Å². The molecule has 1 aliphatic heterocycles. The molecule has 1 fully saturated rings. The largest absolute Gasteiger partial charge is 0.479 e. The molecule has 0 aromatic heterocycles. The summed E-state index contributed by atoms with van der Waals surface area (Å²) in [4.78, 5) is 10.2. The average molecular weight is 164 g/mol. The Kier molecular flexibility index (Phi) is 2.10. The van der Waals surface area contributed by atoms with Crippen LogP contribution >= 0.6 is 0 Å². The van der Waals surface area contributed by atoms with E-state index in [2.05, 4.69) is 4.74 Å². The number of hydrogen-bond donors (Lipinski definition) is 4. The van der Waals surface area contributed by atoms with Crippen LogP contribution in [0.1, 0.15) is 0 Å². The van der Waals surface area contributed by atoms with E-state index in [-0.39, 0.29) is 0 Å². The summed E-state index contributed by atoms with van der Waals surface area (Å²) >= 11 is 0. The highest BCUT2D eigenvalue weighted by molar-refractivity contribution is 5.73. The first kappa shape index (κ1) is 8.41. The van der Waals surface area contributed by atoms with Crippen LogP contribution in [0.15, 0.2) is 0 Å². The summed E-state index contributed by atoms with van der Waals surface area (Å²) in [6.45, 7) is 0. The number of aliphatic hydroxyl groups excluding tert-OH is 3. The van der Waals surface area contributed by atoms with Gasteiger partial charge in [0.05, 0.1) is 0 Å². The number of hydrogen-bond acceptors (Lipinski definition) is 5. The highest BCUT2D eigenvalue weighted by atomic mass is 16.7. The van der Waals surface area contributed by atoms with Crippen LogP contribution in [0.3, 0.4) is 0 Å². The van der Waals surface area contributed by atoms with Crippen molar-refractivity contribution in [2.75, 3.05) is 0 Å². The zero-order chi connectivity index (χ0) is 8.59. The monoisotopic (exact) mass is 164 g/mol. The van der Waals surface area contributed by atoms with Crippen molar-refractivity contribution in [3.63, 3.8) is 0 Å². The number of carboxylic acid groups (broad SMARTS) is 1. The lowest BCUT2D eigenvalue weighted by molar-refractivity contribution is -0.165. The number of aliphatic hydroxyl groups is 3. The molecule has 0 spiro atoms. The van der Waals surface area contributed by atoms with Crippen LogP contribution in [0.5, 0.6) is 0 Å². The zero-order valence-electron chi connectivity index (χ0n) is 5.41. The minimum atomic E-state index is -1.62. The van der Waals surface area contributed by atoms with E-state index in [1.54, 1.807) is 0 Å². The summed E-state index contributed by atoms with van der Waals surface area (Å²) in [5.74, 6) is -1.41. The van der Waals surface area contributed by atoms with Crippen LogP contribution in [0.25, 0.3) is 0 Å². The van der Waals surface area contributed by atoms with Crippen LogP contribution in [-0.4, -0.2) is 51.0 Å². The van der Waals surface area contributed by atoms with Crippen molar-refractivity contribution in [1.29, 1.82) is 0 Å². The Bertz CT molecular complexity index is 168. The van der Waals surface area contributed by atoms with Crippen molar-refractivity contribution < 1.29 is 30.0 Å². The summed E-state index contributed by atoms with van der Waals surface area (Å²) < 4.78 is 4.30. The number of carbonyl (C=O) groups is 1. The van der Waals surface area contributed by atoms with Gasteiger partial charge < -0.3 is 25.2 Å². The Morgan fingerprint density at radius 3 is 1.91 bits per heavy atom. The molecule has 11 heavy (non-hydrogen) atoms. The van der Waals surface area contributed by atoms with Crippen LogP contribution in [-0.2, 0) is 9.53 Å². The first-order chi connectivity index (χ1) is 5.04. The molecule has 0 bridgehead atoms. The third-order valence-corrected chi connectivity index (χ3v) is 1.48. The fourth-order valence-electron chi connectivity index (χ4n) is 0.863. The Labute approximate surface area is 61.6 Å². The predicted octanol–water partition coefficient (Wildman–Crippen LogP) is -2.49. The summed E-state index contributed by atoms with van der Waals surface area (Å²) in [6, 6.07) is 0. The molecule has 1 heterocycles. The number of ether oxygens (including phenoxy) is 1. The minimum Gasteiger partial charge on any atom is -0.479 e. The SMILES string of the molecule is O=C(O)[C@H]1O[C@H](O)[C@H](O)[C@H]1O. The smallest absolute Gasteiger partial charge is 0.335 e. The van der Waals surface area contributed by atoms with Crippen molar-refractivity contribution >= 4 is 5.97 Å². The first-order valence-electron chi connectivity index (χ1n) is 2.96. The van der Waals surface area contributed by atoms with Crippen molar-refractivity contribution in [2.24, 2.45) is 0 Å². The van der Waals surface area contributed by atoms with Crippen LogP contribution in [0, 0.1) is 0 Å². The van der Waals surface area contributed by atoms with Gasteiger partial charge in [0.1, 0.15) is 12.2 Å². The molecule has 0 aromatic carbocycles. The van der Waals surface area contributed by atoms with Crippen molar-refractivity contribution in [3.8, 4) is 0 Å². The molecule has 0 unspecified atom stereocenters. The normalized spacial score (nSPS) is 44.3. The van der Waals surface area contributed by atoms with Gasteiger partial charge in [-0.3, -0.25) is 0 Å². The van der Waals surface area contributed by atoms with E-state index in [1.165, 1.54) is 0 Å². The van der Waals surface area contributed by atoms with E-state index < -0.39 is 30.6 Å². The van der Waals surface area contributed by atoms with E-state index >= 15 is 0 Å². The summed E-state index contributed by atoms with van der Waals surface area (Å²) in [5, 5.41) is 34.7. The second-order valence-corrected chi connectivity index (χ2v) is 2.27. The van der Waals surface area contributed by atoms with Crippen molar-refractivity contribution in [2.45, 2.75) is 24.6 Å². The lowest BCUT2D eigenvalue weighted by Gasteiger charge is -2.08. The fourth-order valence-corrected chi connectivity index (χ4v) is 0.863. The molecule has 0 amide bonds. The average Bonchev–Trinajstić information content (AvgIpc) is 2.17. The fraction of sp³-hybridized carbons (Fsp3) is 0.800. The van der Waals surface area contributed by atoms with E-state index in [4.69, 9.17) is 20.4 Å². The third kappa shape index (κ3) is 1.33. The lowest BCUT2D eigenvalue weighted by atomic mass is 10.1. The van der Waals surface area contributed by atoms with Gasteiger partial charge in [-0.1, -0.05) is 0 Å². The summed E-state index contributed by atoms with van der Waals surface area (Å²) in [7, 11) is 0. The minimum absolute atomic E-state index is 1.41. The quantitative estimate of drug-likeness (QED) is 0.341. The Balaban J connectivity index is 2.67. The number of carboxylic acids is 1. The molecular formula is C5H8O6. The van der Waals surface area contributed by atoms with Crippen molar-refractivity contribution in [3.05, 3.63) is 0 Å². The highest BCUT2D eigenvalue weighted by Gasteiger charge is 2.45. The van der Waals surface area contributed by atoms with Gasteiger partial charge in [-0.2, -0.15) is 0 Å². The molecule has 1 rings (SSSR count). The second-order valence-electron chi connectivity index (χ2n) is 2.27. The molecule has 0 aromatic rings. The van der Waals surface area contributed by atoms with E-state index in [0.717, 1.165) is 0 Å². The lowest BCUT2D eigenvalue weighted by Crippen LogP contribution is -2.36. The van der Waals surface area contributed by atoms with E-state index in [0.29, 0.717) is 0 Å². The van der Waals surface area contributed by atoms with Gasteiger partial charge in [-0.25, -0.2) is 4.79 Å². The van der Waals surface area contributed by atoms with Gasteiger partial charge >= 0.3 is 5.97 Å². The third-order valence-electron chi connectivity index (χ3n) is 1.48. The second kappa shape index (κ2) is 2.74. The van der Waals surface area contributed by atoms with Crippen LogP contribution < -0.4 is 0 Å². The topological polar surface area (TPSA) is 107 Å². The molecule has 0 saturated carbocycles. The maximum Gasteiger partial charge on any atom is 0.335 e. The van der Waals surface area contributed by atoms with Gasteiger partial charge in [0.15, 0.2) is 12.4 Å². The zero-order valence-corrected chi connectivity index (χ0v) is 5.41. The predicted molar refractivity (Wildman–Crippen MR) is 30.5 cm³/mol.